The molecule has 0 aromatic carbocycles. The van der Waals surface area contributed by atoms with E-state index >= 15 is 0 Å². The lowest BCUT2D eigenvalue weighted by Gasteiger charge is -2.34. The number of rotatable bonds is 10. The molecule has 2 atom stereocenters. The minimum atomic E-state index is 0.564. The molecule has 0 fully saturated rings. The van der Waals surface area contributed by atoms with Crippen molar-refractivity contribution in [1.82, 2.24) is 4.90 Å². The maximum Gasteiger partial charge on any atom is 0.0218 e. The van der Waals surface area contributed by atoms with Crippen molar-refractivity contribution in [2.45, 2.75) is 78.3 Å². The molecule has 0 bridgehead atoms. The van der Waals surface area contributed by atoms with Gasteiger partial charge in [-0.25, -0.2) is 0 Å². The summed E-state index contributed by atoms with van der Waals surface area (Å²) in [7, 11) is 2.23. The van der Waals surface area contributed by atoms with E-state index in [2.05, 4.69) is 39.6 Å². The highest BCUT2D eigenvalue weighted by molar-refractivity contribution is 4.76. The lowest BCUT2D eigenvalue weighted by molar-refractivity contribution is 0.142. The standard InChI is InChI=1S/C15H34N2/c1-6-7-8-9-10-11-15(12-16)17(5)14(4)13(2)3/h13-15H,6-12,16H2,1-5H3. The van der Waals surface area contributed by atoms with Crippen molar-refractivity contribution in [3.63, 3.8) is 0 Å². The smallest absolute Gasteiger partial charge is 0.0218 e. The van der Waals surface area contributed by atoms with E-state index in [9.17, 15) is 0 Å². The second-order valence-electron chi connectivity index (χ2n) is 5.74. The molecule has 0 aliphatic rings. The first kappa shape index (κ1) is 16.9. The van der Waals surface area contributed by atoms with Crippen LogP contribution in [0.3, 0.4) is 0 Å². The Labute approximate surface area is 109 Å². The van der Waals surface area contributed by atoms with Crippen LogP contribution in [-0.2, 0) is 0 Å². The van der Waals surface area contributed by atoms with Gasteiger partial charge in [-0.05, 0) is 26.3 Å². The van der Waals surface area contributed by atoms with Gasteiger partial charge in [-0.3, -0.25) is 4.90 Å². The molecule has 0 saturated heterocycles. The molecule has 0 aliphatic heterocycles. The fraction of sp³-hybridized carbons (Fsp3) is 1.00. The number of hydrogen-bond donors (Lipinski definition) is 1. The van der Waals surface area contributed by atoms with Crippen LogP contribution in [0.2, 0.25) is 0 Å². The molecule has 17 heavy (non-hydrogen) atoms. The van der Waals surface area contributed by atoms with E-state index in [4.69, 9.17) is 5.73 Å². The molecule has 0 aromatic rings. The minimum absolute atomic E-state index is 0.564. The van der Waals surface area contributed by atoms with Crippen LogP contribution in [0.25, 0.3) is 0 Å². The van der Waals surface area contributed by atoms with Crippen LogP contribution in [0.5, 0.6) is 0 Å². The van der Waals surface area contributed by atoms with Crippen LogP contribution in [0.1, 0.15) is 66.2 Å². The number of nitrogens with two attached hydrogens (primary N) is 1. The molecule has 104 valence electrons. The van der Waals surface area contributed by atoms with Crippen LogP contribution in [-0.4, -0.2) is 30.6 Å². The maximum atomic E-state index is 5.91. The van der Waals surface area contributed by atoms with E-state index in [0.717, 1.165) is 6.54 Å². The fourth-order valence-electron chi connectivity index (χ4n) is 2.27. The highest BCUT2D eigenvalue weighted by atomic mass is 15.2. The van der Waals surface area contributed by atoms with Gasteiger partial charge in [-0.1, -0.05) is 52.9 Å². The highest BCUT2D eigenvalue weighted by Crippen LogP contribution is 2.16. The van der Waals surface area contributed by atoms with E-state index in [1.54, 1.807) is 0 Å². The van der Waals surface area contributed by atoms with Crippen molar-refractivity contribution in [2.75, 3.05) is 13.6 Å². The normalized spacial score (nSPS) is 15.5. The van der Waals surface area contributed by atoms with E-state index in [-0.39, 0.29) is 0 Å². The largest absolute Gasteiger partial charge is 0.329 e. The molecule has 0 amide bonds. The number of hydrogen-bond acceptors (Lipinski definition) is 2. The summed E-state index contributed by atoms with van der Waals surface area (Å²) < 4.78 is 0. The summed E-state index contributed by atoms with van der Waals surface area (Å²) in [6, 6.07) is 1.19. The molecule has 0 heterocycles. The van der Waals surface area contributed by atoms with Crippen molar-refractivity contribution >= 4 is 0 Å². The third-order valence-corrected chi connectivity index (χ3v) is 4.10. The Balaban J connectivity index is 3.89. The molecular weight excluding hydrogens is 208 g/mol. The quantitative estimate of drug-likeness (QED) is 0.593. The SMILES string of the molecule is CCCCCCCC(CN)N(C)C(C)C(C)C. The molecule has 2 nitrogen and oxygen atoms in total. The Morgan fingerprint density at radius 1 is 1.00 bits per heavy atom. The van der Waals surface area contributed by atoms with Gasteiger partial charge < -0.3 is 5.73 Å². The van der Waals surface area contributed by atoms with E-state index in [1.165, 1.54) is 38.5 Å². The van der Waals surface area contributed by atoms with E-state index in [1.807, 2.05) is 0 Å². The minimum Gasteiger partial charge on any atom is -0.329 e. The third kappa shape index (κ3) is 7.05. The highest BCUT2D eigenvalue weighted by Gasteiger charge is 2.20. The van der Waals surface area contributed by atoms with Crippen molar-refractivity contribution in [3.05, 3.63) is 0 Å². The van der Waals surface area contributed by atoms with Gasteiger partial charge in [-0.15, -0.1) is 0 Å². The zero-order valence-corrected chi connectivity index (χ0v) is 12.7. The number of unbranched alkanes of at least 4 members (excludes halogenated alkanes) is 4. The zero-order chi connectivity index (χ0) is 13.3. The average Bonchev–Trinajstić information content (AvgIpc) is 2.32. The van der Waals surface area contributed by atoms with Crippen molar-refractivity contribution < 1.29 is 0 Å². The summed E-state index contributed by atoms with van der Waals surface area (Å²) in [5.41, 5.74) is 5.91. The maximum absolute atomic E-state index is 5.91. The van der Waals surface area contributed by atoms with Gasteiger partial charge in [0.2, 0.25) is 0 Å². The molecule has 0 saturated carbocycles. The summed E-state index contributed by atoms with van der Waals surface area (Å²) in [6.07, 6.45) is 8.05. The van der Waals surface area contributed by atoms with Crippen LogP contribution in [0.15, 0.2) is 0 Å². The fourth-order valence-corrected chi connectivity index (χ4v) is 2.27. The second kappa shape index (κ2) is 9.90. The third-order valence-electron chi connectivity index (χ3n) is 4.10. The van der Waals surface area contributed by atoms with Crippen molar-refractivity contribution in [3.8, 4) is 0 Å². The zero-order valence-electron chi connectivity index (χ0n) is 12.7. The average molecular weight is 242 g/mol. The van der Waals surface area contributed by atoms with Crippen LogP contribution >= 0.6 is 0 Å². The molecule has 2 heteroatoms. The molecule has 0 aliphatic carbocycles. The molecule has 2 unspecified atom stereocenters. The first-order valence-corrected chi connectivity index (χ1v) is 7.46. The van der Waals surface area contributed by atoms with Gasteiger partial charge in [0.25, 0.3) is 0 Å². The second-order valence-corrected chi connectivity index (χ2v) is 5.74. The number of likely N-dealkylation sites (N-methyl/N-ethyl adjacent to an activating group) is 1. The lowest BCUT2D eigenvalue weighted by atomic mass is 10.00. The molecule has 2 N–H and O–H groups in total. The van der Waals surface area contributed by atoms with E-state index in [0.29, 0.717) is 18.0 Å². The summed E-state index contributed by atoms with van der Waals surface area (Å²) in [5.74, 6) is 0.703. The topological polar surface area (TPSA) is 29.3 Å². The molecule has 0 rings (SSSR count). The molecule has 0 spiro atoms. The Bertz CT molecular complexity index is 168. The number of nitrogens with zero attached hydrogens (tertiary/aromatic N) is 1. The summed E-state index contributed by atoms with van der Waals surface area (Å²) >= 11 is 0. The predicted molar refractivity (Wildman–Crippen MR) is 78.3 cm³/mol. The Hall–Kier alpha value is -0.0800. The lowest BCUT2D eigenvalue weighted by Crippen LogP contribution is -2.45. The Morgan fingerprint density at radius 2 is 1.59 bits per heavy atom. The van der Waals surface area contributed by atoms with E-state index < -0.39 is 0 Å². The van der Waals surface area contributed by atoms with Gasteiger partial charge >= 0.3 is 0 Å². The van der Waals surface area contributed by atoms with Gasteiger partial charge in [0.1, 0.15) is 0 Å². The van der Waals surface area contributed by atoms with Crippen LogP contribution in [0, 0.1) is 5.92 Å². The van der Waals surface area contributed by atoms with Crippen LogP contribution in [0.4, 0.5) is 0 Å². The van der Waals surface area contributed by atoms with Gasteiger partial charge in [0.05, 0.1) is 0 Å². The van der Waals surface area contributed by atoms with Gasteiger partial charge in [0, 0.05) is 18.6 Å². The summed E-state index contributed by atoms with van der Waals surface area (Å²) in [5, 5.41) is 0. The monoisotopic (exact) mass is 242 g/mol. The van der Waals surface area contributed by atoms with Crippen molar-refractivity contribution in [1.29, 1.82) is 0 Å². The molecule has 0 aromatic heterocycles. The molecular formula is C15H34N2. The summed E-state index contributed by atoms with van der Waals surface area (Å²) in [4.78, 5) is 2.48. The first-order chi connectivity index (χ1) is 8.04. The predicted octanol–water partition coefficient (Wildman–Crippen LogP) is 3.65. The van der Waals surface area contributed by atoms with Crippen molar-refractivity contribution in [2.24, 2.45) is 11.7 Å². The Kier molecular flexibility index (Phi) is 9.85. The van der Waals surface area contributed by atoms with Gasteiger partial charge in [-0.2, -0.15) is 0 Å². The molecule has 0 radical (unpaired) electrons. The van der Waals surface area contributed by atoms with Gasteiger partial charge in [0.15, 0.2) is 0 Å². The Morgan fingerprint density at radius 3 is 2.06 bits per heavy atom. The van der Waals surface area contributed by atoms with Crippen LogP contribution < -0.4 is 5.73 Å². The first-order valence-electron chi connectivity index (χ1n) is 7.46. The summed E-state index contributed by atoms with van der Waals surface area (Å²) in [6.45, 7) is 9.94.